The second kappa shape index (κ2) is 6.95. The summed E-state index contributed by atoms with van der Waals surface area (Å²) >= 11 is 3.43. The Kier molecular flexibility index (Phi) is 4.54. The van der Waals surface area contributed by atoms with E-state index in [4.69, 9.17) is 10.7 Å². The van der Waals surface area contributed by atoms with Crippen molar-refractivity contribution in [3.05, 3.63) is 52.4 Å². The molecule has 0 amide bonds. The standard InChI is InChI=1S/C19H19N3S2/c20-17-16-14-10-4-5-11-15(14)24-18(16)22-19(21-17)23-12-6-9-13-7-2-1-3-8-13/h1-3,6-9H,4-5,10-12H2,(H2,20,21,22). The lowest BCUT2D eigenvalue weighted by atomic mass is 9.97. The van der Waals surface area contributed by atoms with E-state index in [0.29, 0.717) is 5.82 Å². The molecule has 0 radical (unpaired) electrons. The Hall–Kier alpha value is -1.85. The van der Waals surface area contributed by atoms with Crippen molar-refractivity contribution in [3.8, 4) is 0 Å². The number of hydrogen-bond acceptors (Lipinski definition) is 5. The molecule has 4 rings (SSSR count). The highest BCUT2D eigenvalue weighted by Crippen LogP contribution is 2.38. The fourth-order valence-electron chi connectivity index (χ4n) is 3.10. The Labute approximate surface area is 150 Å². The van der Waals surface area contributed by atoms with Gasteiger partial charge in [-0.2, -0.15) is 0 Å². The van der Waals surface area contributed by atoms with Crippen LogP contribution in [-0.4, -0.2) is 15.7 Å². The second-order valence-electron chi connectivity index (χ2n) is 5.91. The van der Waals surface area contributed by atoms with Gasteiger partial charge in [0.05, 0.1) is 5.39 Å². The first kappa shape index (κ1) is 15.7. The summed E-state index contributed by atoms with van der Waals surface area (Å²) in [5.74, 6) is 1.49. The van der Waals surface area contributed by atoms with Gasteiger partial charge in [0.2, 0.25) is 0 Å². The summed E-state index contributed by atoms with van der Waals surface area (Å²) in [5, 5.41) is 1.88. The van der Waals surface area contributed by atoms with E-state index in [-0.39, 0.29) is 0 Å². The molecule has 0 bridgehead atoms. The number of thioether (sulfide) groups is 1. The molecule has 0 unspecified atom stereocenters. The molecule has 0 atom stereocenters. The van der Waals surface area contributed by atoms with Crippen molar-refractivity contribution in [2.24, 2.45) is 0 Å². The van der Waals surface area contributed by atoms with Crippen LogP contribution in [0.2, 0.25) is 0 Å². The minimum absolute atomic E-state index is 0.647. The minimum Gasteiger partial charge on any atom is -0.383 e. The molecule has 0 spiro atoms. The van der Waals surface area contributed by atoms with Crippen molar-refractivity contribution < 1.29 is 0 Å². The molecule has 0 saturated carbocycles. The normalized spacial score (nSPS) is 14.3. The number of nitrogens with zero attached hydrogens (tertiary/aromatic N) is 2. The summed E-state index contributed by atoms with van der Waals surface area (Å²) in [4.78, 5) is 11.8. The van der Waals surface area contributed by atoms with Crippen LogP contribution in [0.15, 0.2) is 41.6 Å². The third-order valence-electron chi connectivity index (χ3n) is 4.24. The molecule has 2 aromatic heterocycles. The van der Waals surface area contributed by atoms with E-state index < -0.39 is 0 Å². The highest BCUT2D eigenvalue weighted by Gasteiger charge is 2.19. The van der Waals surface area contributed by atoms with E-state index in [9.17, 15) is 0 Å². The van der Waals surface area contributed by atoms with Gasteiger partial charge in [0.15, 0.2) is 5.16 Å². The summed E-state index contributed by atoms with van der Waals surface area (Å²) in [6.07, 6.45) is 9.08. The molecular formula is C19H19N3S2. The molecule has 5 heteroatoms. The molecule has 24 heavy (non-hydrogen) atoms. The van der Waals surface area contributed by atoms with E-state index in [1.165, 1.54) is 28.8 Å². The predicted octanol–water partition coefficient (Wildman–Crippen LogP) is 4.96. The highest BCUT2D eigenvalue weighted by molar-refractivity contribution is 7.99. The number of hydrogen-bond donors (Lipinski definition) is 1. The smallest absolute Gasteiger partial charge is 0.191 e. The lowest BCUT2D eigenvalue weighted by Crippen LogP contribution is -2.01. The zero-order valence-electron chi connectivity index (χ0n) is 13.4. The average Bonchev–Trinajstić information content (AvgIpc) is 2.98. The Bertz CT molecular complexity index is 885. The van der Waals surface area contributed by atoms with Crippen LogP contribution in [0.1, 0.15) is 28.8 Å². The Morgan fingerprint density at radius 3 is 2.83 bits per heavy atom. The summed E-state index contributed by atoms with van der Waals surface area (Å²) in [6, 6.07) is 10.3. The van der Waals surface area contributed by atoms with Crippen molar-refractivity contribution in [1.29, 1.82) is 0 Å². The summed E-state index contributed by atoms with van der Waals surface area (Å²) < 4.78 is 0. The fraction of sp³-hybridized carbons (Fsp3) is 0.263. The van der Waals surface area contributed by atoms with Gasteiger partial charge in [0, 0.05) is 10.6 Å². The Balaban J connectivity index is 1.52. The second-order valence-corrected chi connectivity index (χ2v) is 7.98. The Morgan fingerprint density at radius 2 is 1.96 bits per heavy atom. The monoisotopic (exact) mass is 353 g/mol. The Morgan fingerprint density at radius 1 is 1.12 bits per heavy atom. The first-order chi connectivity index (χ1) is 11.8. The molecule has 122 valence electrons. The number of nitrogens with two attached hydrogens (primary N) is 1. The van der Waals surface area contributed by atoms with Crippen LogP contribution in [0.4, 0.5) is 5.82 Å². The maximum absolute atomic E-state index is 6.25. The molecule has 3 nitrogen and oxygen atoms in total. The molecule has 1 aromatic carbocycles. The van der Waals surface area contributed by atoms with Crippen molar-refractivity contribution >= 4 is 45.2 Å². The third kappa shape index (κ3) is 3.19. The van der Waals surface area contributed by atoms with Crippen LogP contribution >= 0.6 is 23.1 Å². The molecule has 3 aromatic rings. The van der Waals surface area contributed by atoms with Crippen molar-refractivity contribution in [2.45, 2.75) is 30.8 Å². The quantitative estimate of drug-likeness (QED) is 0.532. The summed E-state index contributed by atoms with van der Waals surface area (Å²) in [6.45, 7) is 0. The van der Waals surface area contributed by atoms with Crippen LogP contribution in [0, 0.1) is 0 Å². The number of aryl methyl sites for hydroxylation is 2. The van der Waals surface area contributed by atoms with Gasteiger partial charge in [0.25, 0.3) is 0 Å². The number of aromatic nitrogens is 2. The minimum atomic E-state index is 0.647. The van der Waals surface area contributed by atoms with Gasteiger partial charge in [-0.3, -0.25) is 0 Å². The number of rotatable bonds is 4. The van der Waals surface area contributed by atoms with Gasteiger partial charge in [-0.25, -0.2) is 9.97 Å². The zero-order valence-corrected chi connectivity index (χ0v) is 15.0. The van der Waals surface area contributed by atoms with E-state index in [1.807, 2.05) is 18.2 Å². The molecule has 0 saturated heterocycles. The van der Waals surface area contributed by atoms with Crippen LogP contribution in [0.3, 0.4) is 0 Å². The molecule has 2 N–H and O–H groups in total. The average molecular weight is 354 g/mol. The highest BCUT2D eigenvalue weighted by atomic mass is 32.2. The van der Waals surface area contributed by atoms with Crippen molar-refractivity contribution in [3.63, 3.8) is 0 Å². The number of fused-ring (bicyclic) bond motifs is 3. The van der Waals surface area contributed by atoms with Gasteiger partial charge in [-0.1, -0.05) is 54.2 Å². The van der Waals surface area contributed by atoms with Crippen LogP contribution in [0.25, 0.3) is 16.3 Å². The van der Waals surface area contributed by atoms with E-state index in [1.54, 1.807) is 23.1 Å². The molecule has 1 aliphatic carbocycles. The van der Waals surface area contributed by atoms with Gasteiger partial charge >= 0.3 is 0 Å². The number of benzene rings is 1. The topological polar surface area (TPSA) is 51.8 Å². The SMILES string of the molecule is Nc1nc(SCC=Cc2ccccc2)nc2sc3c(c12)CCCC3. The maximum atomic E-state index is 6.25. The predicted molar refractivity (Wildman–Crippen MR) is 105 cm³/mol. The van der Waals surface area contributed by atoms with Gasteiger partial charge in [-0.15, -0.1) is 11.3 Å². The van der Waals surface area contributed by atoms with Crippen LogP contribution < -0.4 is 5.73 Å². The summed E-state index contributed by atoms with van der Waals surface area (Å²) in [5.41, 5.74) is 8.86. The van der Waals surface area contributed by atoms with E-state index >= 15 is 0 Å². The molecule has 1 aliphatic rings. The van der Waals surface area contributed by atoms with E-state index in [2.05, 4.69) is 29.3 Å². The van der Waals surface area contributed by atoms with Gasteiger partial charge in [0.1, 0.15) is 10.6 Å². The van der Waals surface area contributed by atoms with Crippen LogP contribution in [0.5, 0.6) is 0 Å². The van der Waals surface area contributed by atoms with Crippen molar-refractivity contribution in [2.75, 3.05) is 11.5 Å². The number of nitrogen functional groups attached to an aromatic ring is 1. The largest absolute Gasteiger partial charge is 0.383 e. The zero-order chi connectivity index (χ0) is 16.4. The molecule has 2 heterocycles. The first-order valence-electron chi connectivity index (χ1n) is 8.23. The molecule has 0 aliphatic heterocycles. The van der Waals surface area contributed by atoms with Crippen molar-refractivity contribution in [1.82, 2.24) is 9.97 Å². The molecule has 0 fully saturated rings. The van der Waals surface area contributed by atoms with Crippen LogP contribution in [-0.2, 0) is 12.8 Å². The van der Waals surface area contributed by atoms with Gasteiger partial charge in [-0.05, 0) is 36.8 Å². The van der Waals surface area contributed by atoms with E-state index in [0.717, 1.165) is 34.0 Å². The third-order valence-corrected chi connectivity index (χ3v) is 6.23. The van der Waals surface area contributed by atoms with Gasteiger partial charge < -0.3 is 5.73 Å². The summed E-state index contributed by atoms with van der Waals surface area (Å²) in [7, 11) is 0. The lowest BCUT2D eigenvalue weighted by molar-refractivity contribution is 0.700. The number of anilines is 1. The fourth-order valence-corrected chi connectivity index (χ4v) is 5.09. The molecular weight excluding hydrogens is 334 g/mol. The first-order valence-corrected chi connectivity index (χ1v) is 10.0. The lowest BCUT2D eigenvalue weighted by Gasteiger charge is -2.10. The number of thiophene rings is 1. The maximum Gasteiger partial charge on any atom is 0.191 e.